The first-order valence-electron chi connectivity index (χ1n) is 8.43. The fraction of sp³-hybridized carbons (Fsp3) is 0.316. The van der Waals surface area contributed by atoms with Gasteiger partial charge in [0.1, 0.15) is 10.7 Å². The number of hydrogen-bond donors (Lipinski definition) is 1. The van der Waals surface area contributed by atoms with Crippen molar-refractivity contribution in [3.8, 4) is 0 Å². The van der Waals surface area contributed by atoms with Crippen molar-refractivity contribution < 1.29 is 9.21 Å². The molecule has 3 aromatic rings. The summed E-state index contributed by atoms with van der Waals surface area (Å²) in [6.45, 7) is 8.61. The molecule has 0 atom stereocenters. The number of hydrazone groups is 1. The SMILES string of the molecule is Cc1nn(CC(C)C)c(Cl)c1/C=N\NC(=O)c1oc2ccccc2c1C. The topological polar surface area (TPSA) is 72.4 Å². The molecule has 7 heteroatoms. The Bertz CT molecular complexity index is 985. The van der Waals surface area contributed by atoms with Gasteiger partial charge in [0.05, 0.1) is 17.5 Å². The molecule has 0 saturated carbocycles. The minimum absolute atomic E-state index is 0.252. The molecule has 2 aromatic heterocycles. The predicted octanol–water partition coefficient (Wildman–Crippen LogP) is 4.32. The van der Waals surface area contributed by atoms with Crippen molar-refractivity contribution in [3.63, 3.8) is 0 Å². The number of nitrogens with zero attached hydrogens (tertiary/aromatic N) is 3. The number of halogens is 1. The molecule has 0 fully saturated rings. The highest BCUT2D eigenvalue weighted by atomic mass is 35.5. The number of fused-ring (bicyclic) bond motifs is 1. The summed E-state index contributed by atoms with van der Waals surface area (Å²) < 4.78 is 7.37. The van der Waals surface area contributed by atoms with Gasteiger partial charge in [0, 0.05) is 17.5 Å². The van der Waals surface area contributed by atoms with Gasteiger partial charge in [-0.15, -0.1) is 0 Å². The van der Waals surface area contributed by atoms with Crippen molar-refractivity contribution in [2.75, 3.05) is 0 Å². The van der Waals surface area contributed by atoms with Crippen molar-refractivity contribution in [2.24, 2.45) is 11.0 Å². The Morgan fingerprint density at radius 1 is 1.38 bits per heavy atom. The van der Waals surface area contributed by atoms with Crippen molar-refractivity contribution >= 4 is 34.7 Å². The number of aromatic nitrogens is 2. The lowest BCUT2D eigenvalue weighted by molar-refractivity contribution is 0.0929. The van der Waals surface area contributed by atoms with E-state index < -0.39 is 5.91 Å². The third-order valence-corrected chi connectivity index (χ3v) is 4.46. The van der Waals surface area contributed by atoms with Crippen LogP contribution in [0.4, 0.5) is 0 Å². The first-order valence-corrected chi connectivity index (χ1v) is 8.80. The van der Waals surface area contributed by atoms with Crippen LogP contribution in [-0.2, 0) is 6.54 Å². The first kappa shape index (κ1) is 18.2. The molecule has 0 radical (unpaired) electrons. The summed E-state index contributed by atoms with van der Waals surface area (Å²) in [5.74, 6) is 0.271. The molecule has 1 amide bonds. The second kappa shape index (κ2) is 7.33. The lowest BCUT2D eigenvalue weighted by atomic mass is 10.1. The van der Waals surface area contributed by atoms with Gasteiger partial charge < -0.3 is 4.42 Å². The van der Waals surface area contributed by atoms with Crippen LogP contribution in [-0.4, -0.2) is 21.9 Å². The molecule has 0 unspecified atom stereocenters. The summed E-state index contributed by atoms with van der Waals surface area (Å²) in [6, 6.07) is 7.52. The van der Waals surface area contributed by atoms with Gasteiger partial charge in [-0.25, -0.2) is 5.43 Å². The van der Waals surface area contributed by atoms with E-state index in [9.17, 15) is 4.79 Å². The Morgan fingerprint density at radius 3 is 2.81 bits per heavy atom. The lowest BCUT2D eigenvalue weighted by Gasteiger charge is -2.05. The average molecular weight is 373 g/mol. The van der Waals surface area contributed by atoms with Crippen LogP contribution < -0.4 is 5.43 Å². The van der Waals surface area contributed by atoms with Gasteiger partial charge in [-0.1, -0.05) is 43.6 Å². The molecule has 0 aliphatic heterocycles. The highest BCUT2D eigenvalue weighted by Gasteiger charge is 2.17. The zero-order valence-corrected chi connectivity index (χ0v) is 16.0. The molecule has 6 nitrogen and oxygen atoms in total. The molecule has 1 N–H and O–H groups in total. The molecule has 1 aromatic carbocycles. The summed E-state index contributed by atoms with van der Waals surface area (Å²) in [5.41, 5.74) is 5.40. The second-order valence-electron chi connectivity index (χ2n) is 6.62. The van der Waals surface area contributed by atoms with Crippen molar-refractivity contribution in [1.29, 1.82) is 0 Å². The van der Waals surface area contributed by atoms with Crippen LogP contribution in [0.25, 0.3) is 11.0 Å². The number of para-hydroxylation sites is 1. The zero-order chi connectivity index (χ0) is 18.8. The third kappa shape index (κ3) is 3.51. The van der Waals surface area contributed by atoms with Gasteiger partial charge in [0.2, 0.25) is 0 Å². The Morgan fingerprint density at radius 2 is 2.12 bits per heavy atom. The molecule has 136 valence electrons. The zero-order valence-electron chi connectivity index (χ0n) is 15.2. The van der Waals surface area contributed by atoms with Gasteiger partial charge in [-0.2, -0.15) is 10.2 Å². The van der Waals surface area contributed by atoms with E-state index in [-0.39, 0.29) is 5.76 Å². The number of furan rings is 1. The van der Waals surface area contributed by atoms with Crippen LogP contribution >= 0.6 is 11.6 Å². The molecular formula is C19H21ClN4O2. The van der Waals surface area contributed by atoms with Crippen molar-refractivity contribution in [3.05, 3.63) is 52.0 Å². The van der Waals surface area contributed by atoms with Crippen LogP contribution in [0.3, 0.4) is 0 Å². The lowest BCUT2D eigenvalue weighted by Crippen LogP contribution is -2.17. The van der Waals surface area contributed by atoms with E-state index in [1.165, 1.54) is 6.21 Å². The number of carbonyl (C=O) groups excluding carboxylic acids is 1. The van der Waals surface area contributed by atoms with Crippen LogP contribution in [0, 0.1) is 19.8 Å². The third-order valence-electron chi connectivity index (χ3n) is 4.06. The minimum Gasteiger partial charge on any atom is -0.451 e. The molecule has 0 aliphatic carbocycles. The van der Waals surface area contributed by atoms with Gasteiger partial charge in [-0.3, -0.25) is 9.48 Å². The highest BCUT2D eigenvalue weighted by Crippen LogP contribution is 2.24. The standard InChI is InChI=1S/C19H21ClN4O2/c1-11(2)10-24-18(20)15(13(4)23-24)9-21-22-19(25)17-12(3)14-7-5-6-8-16(14)26-17/h5-9,11H,10H2,1-4H3,(H,22,25)/b21-9-. The normalized spacial score (nSPS) is 11.8. The number of amides is 1. The summed E-state index contributed by atoms with van der Waals surface area (Å²) >= 11 is 6.36. The van der Waals surface area contributed by atoms with E-state index >= 15 is 0 Å². The molecule has 0 bridgehead atoms. The highest BCUT2D eigenvalue weighted by molar-refractivity contribution is 6.32. The Kier molecular flexibility index (Phi) is 5.13. The maximum Gasteiger partial charge on any atom is 0.307 e. The number of aryl methyl sites for hydroxylation is 2. The molecule has 26 heavy (non-hydrogen) atoms. The predicted molar refractivity (Wildman–Crippen MR) is 103 cm³/mol. The summed E-state index contributed by atoms with van der Waals surface area (Å²) in [6.07, 6.45) is 1.51. The van der Waals surface area contributed by atoms with Crippen molar-refractivity contribution in [1.82, 2.24) is 15.2 Å². The molecule has 2 heterocycles. The number of hydrogen-bond acceptors (Lipinski definition) is 4. The summed E-state index contributed by atoms with van der Waals surface area (Å²) in [7, 11) is 0. The molecule has 0 spiro atoms. The molecule has 3 rings (SSSR count). The Labute approximate surface area is 156 Å². The number of benzene rings is 1. The fourth-order valence-corrected chi connectivity index (χ4v) is 3.07. The van der Waals surface area contributed by atoms with E-state index in [1.54, 1.807) is 4.68 Å². The molecule has 0 aliphatic rings. The molecular weight excluding hydrogens is 352 g/mol. The maximum absolute atomic E-state index is 12.4. The average Bonchev–Trinajstić information content (AvgIpc) is 3.06. The van der Waals surface area contributed by atoms with E-state index in [4.69, 9.17) is 16.0 Å². The van der Waals surface area contributed by atoms with E-state index in [1.807, 2.05) is 38.1 Å². The number of nitrogens with one attached hydrogen (secondary N) is 1. The molecule has 0 saturated heterocycles. The van der Waals surface area contributed by atoms with Gasteiger partial charge in [-0.05, 0) is 25.8 Å². The van der Waals surface area contributed by atoms with Crippen molar-refractivity contribution in [2.45, 2.75) is 34.2 Å². The van der Waals surface area contributed by atoms with Crippen LogP contribution in [0.5, 0.6) is 0 Å². The maximum atomic E-state index is 12.4. The smallest absolute Gasteiger partial charge is 0.307 e. The van der Waals surface area contributed by atoms with Gasteiger partial charge >= 0.3 is 5.91 Å². The fourth-order valence-electron chi connectivity index (χ4n) is 2.78. The van der Waals surface area contributed by atoms with Gasteiger partial charge in [0.15, 0.2) is 5.76 Å². The van der Waals surface area contributed by atoms with E-state index in [0.29, 0.717) is 22.2 Å². The quantitative estimate of drug-likeness (QED) is 0.535. The summed E-state index contributed by atoms with van der Waals surface area (Å²) in [4.78, 5) is 12.4. The van der Waals surface area contributed by atoms with Crippen LogP contribution in [0.15, 0.2) is 33.8 Å². The van der Waals surface area contributed by atoms with Crippen LogP contribution in [0.1, 0.15) is 41.2 Å². The van der Waals surface area contributed by atoms with E-state index in [2.05, 4.69) is 29.5 Å². The number of carbonyl (C=O) groups is 1. The summed E-state index contributed by atoms with van der Waals surface area (Å²) in [5, 5.41) is 9.85. The van der Waals surface area contributed by atoms with Gasteiger partial charge in [0.25, 0.3) is 0 Å². The minimum atomic E-state index is -0.404. The Hall–Kier alpha value is -2.60. The number of rotatable bonds is 5. The largest absolute Gasteiger partial charge is 0.451 e. The van der Waals surface area contributed by atoms with Crippen LogP contribution in [0.2, 0.25) is 5.15 Å². The Balaban J connectivity index is 1.77. The van der Waals surface area contributed by atoms with E-state index in [0.717, 1.165) is 23.2 Å². The second-order valence-corrected chi connectivity index (χ2v) is 6.98. The monoisotopic (exact) mass is 372 g/mol. The first-order chi connectivity index (χ1) is 12.4.